The van der Waals surface area contributed by atoms with Gasteiger partial charge in [0.1, 0.15) is 0 Å². The number of hydrogen-bond donors (Lipinski definition) is 3. The monoisotopic (exact) mass is 223 g/mol. The molecule has 6 nitrogen and oxygen atoms in total. The van der Waals surface area contributed by atoms with E-state index in [1.807, 2.05) is 0 Å². The van der Waals surface area contributed by atoms with Crippen LogP contribution in [0.1, 0.15) is 13.8 Å². The van der Waals surface area contributed by atoms with Crippen molar-refractivity contribution in [3.63, 3.8) is 0 Å². The molecule has 0 aromatic heterocycles. The number of sulfonamides is 1. The molecular weight excluding hydrogens is 206 g/mol. The zero-order chi connectivity index (χ0) is 11.4. The lowest BCUT2D eigenvalue weighted by atomic mass is 10.0. The minimum absolute atomic E-state index is 0.0225. The number of primary sulfonamides is 1. The zero-order valence-electron chi connectivity index (χ0n) is 8.36. The summed E-state index contributed by atoms with van der Waals surface area (Å²) in [6, 6.07) is -0.260. The van der Waals surface area contributed by atoms with Gasteiger partial charge in [0.15, 0.2) is 0 Å². The summed E-state index contributed by atoms with van der Waals surface area (Å²) in [4.78, 5) is 11.2. The van der Waals surface area contributed by atoms with Crippen LogP contribution in [0.2, 0.25) is 0 Å². The molecule has 14 heavy (non-hydrogen) atoms. The highest BCUT2D eigenvalue weighted by molar-refractivity contribution is 7.89. The average Bonchev–Trinajstić information content (AvgIpc) is 2.00. The first-order valence-electron chi connectivity index (χ1n) is 4.28. The van der Waals surface area contributed by atoms with Gasteiger partial charge in [-0.1, -0.05) is 6.92 Å². The highest BCUT2D eigenvalue weighted by atomic mass is 32.2. The smallest absolute Gasteiger partial charge is 0.224 e. The summed E-state index contributed by atoms with van der Waals surface area (Å²) in [5.74, 6) is -0.858. The third-order valence-electron chi connectivity index (χ3n) is 1.89. The number of nitrogens with one attached hydrogen (secondary N) is 1. The lowest BCUT2D eigenvalue weighted by Gasteiger charge is -2.14. The molecule has 0 aromatic rings. The predicted molar refractivity (Wildman–Crippen MR) is 53.8 cm³/mol. The van der Waals surface area contributed by atoms with Gasteiger partial charge in [-0.15, -0.1) is 0 Å². The molecule has 0 saturated heterocycles. The molecule has 84 valence electrons. The Balaban J connectivity index is 3.87. The number of carbonyl (C=O) groups is 1. The number of nitrogens with two attached hydrogens (primary N) is 2. The first-order valence-corrected chi connectivity index (χ1v) is 5.99. The quantitative estimate of drug-likeness (QED) is 0.519. The molecule has 2 unspecified atom stereocenters. The largest absolute Gasteiger partial charge is 0.355 e. The summed E-state index contributed by atoms with van der Waals surface area (Å²) >= 11 is 0. The van der Waals surface area contributed by atoms with Gasteiger partial charge in [-0.05, 0) is 6.92 Å². The summed E-state index contributed by atoms with van der Waals surface area (Å²) in [7, 11) is -3.51. The Hall–Kier alpha value is -0.660. The van der Waals surface area contributed by atoms with Gasteiger partial charge < -0.3 is 11.1 Å². The maximum absolute atomic E-state index is 11.2. The molecule has 0 aromatic carbocycles. The Labute approximate surface area is 84.1 Å². The average molecular weight is 223 g/mol. The summed E-state index contributed by atoms with van der Waals surface area (Å²) < 4.78 is 21.0. The summed E-state index contributed by atoms with van der Waals surface area (Å²) in [6.07, 6.45) is 0. The van der Waals surface area contributed by atoms with Crippen LogP contribution in [-0.2, 0) is 14.8 Å². The van der Waals surface area contributed by atoms with E-state index in [4.69, 9.17) is 10.9 Å². The first-order chi connectivity index (χ1) is 6.24. The van der Waals surface area contributed by atoms with E-state index in [0.29, 0.717) is 0 Å². The lowest BCUT2D eigenvalue weighted by molar-refractivity contribution is -0.124. The van der Waals surface area contributed by atoms with Crippen molar-refractivity contribution in [3.8, 4) is 0 Å². The SMILES string of the molecule is CC(N)C(C)C(=O)NCCS(N)(=O)=O. The van der Waals surface area contributed by atoms with Gasteiger partial charge in [0.25, 0.3) is 0 Å². The van der Waals surface area contributed by atoms with Gasteiger partial charge in [-0.25, -0.2) is 13.6 Å². The Morgan fingerprint density at radius 2 is 1.93 bits per heavy atom. The third-order valence-corrected chi connectivity index (χ3v) is 2.66. The molecule has 0 fully saturated rings. The van der Waals surface area contributed by atoms with Crippen molar-refractivity contribution in [1.82, 2.24) is 5.32 Å². The Morgan fingerprint density at radius 3 is 2.29 bits per heavy atom. The van der Waals surface area contributed by atoms with E-state index in [-0.39, 0.29) is 30.2 Å². The van der Waals surface area contributed by atoms with Crippen LogP contribution < -0.4 is 16.2 Å². The van der Waals surface area contributed by atoms with E-state index in [9.17, 15) is 13.2 Å². The Kier molecular flexibility index (Phi) is 5.03. The molecule has 2 atom stereocenters. The Morgan fingerprint density at radius 1 is 1.43 bits per heavy atom. The van der Waals surface area contributed by atoms with E-state index >= 15 is 0 Å². The van der Waals surface area contributed by atoms with Gasteiger partial charge in [0.2, 0.25) is 15.9 Å². The van der Waals surface area contributed by atoms with Gasteiger partial charge >= 0.3 is 0 Å². The molecule has 5 N–H and O–H groups in total. The maximum atomic E-state index is 11.2. The minimum atomic E-state index is -3.51. The second-order valence-electron chi connectivity index (χ2n) is 3.31. The second kappa shape index (κ2) is 5.28. The van der Waals surface area contributed by atoms with E-state index in [1.54, 1.807) is 13.8 Å². The van der Waals surface area contributed by atoms with Gasteiger partial charge in [0, 0.05) is 18.5 Å². The van der Waals surface area contributed by atoms with Crippen LogP contribution in [-0.4, -0.2) is 32.7 Å². The van der Waals surface area contributed by atoms with Crippen LogP contribution >= 0.6 is 0 Å². The highest BCUT2D eigenvalue weighted by Gasteiger charge is 2.16. The predicted octanol–water partition coefficient (Wildman–Crippen LogP) is -1.63. The Bertz CT molecular complexity index is 287. The fraction of sp³-hybridized carbons (Fsp3) is 0.857. The fourth-order valence-electron chi connectivity index (χ4n) is 0.716. The molecule has 0 aliphatic heterocycles. The summed E-state index contributed by atoms with van der Waals surface area (Å²) in [6.45, 7) is 3.41. The van der Waals surface area contributed by atoms with Gasteiger partial charge in [0.05, 0.1) is 5.75 Å². The number of amides is 1. The molecule has 1 amide bonds. The van der Waals surface area contributed by atoms with Crippen LogP contribution in [0.15, 0.2) is 0 Å². The standard InChI is InChI=1S/C7H17N3O3S/c1-5(6(2)8)7(11)10-3-4-14(9,12)13/h5-6H,3-4,8H2,1-2H3,(H,10,11)(H2,9,12,13). The van der Waals surface area contributed by atoms with Crippen molar-refractivity contribution in [1.29, 1.82) is 0 Å². The van der Waals surface area contributed by atoms with Crippen molar-refractivity contribution in [2.75, 3.05) is 12.3 Å². The number of carbonyl (C=O) groups excluding carboxylic acids is 1. The van der Waals surface area contributed by atoms with E-state index < -0.39 is 10.0 Å². The molecule has 0 rings (SSSR count). The van der Waals surface area contributed by atoms with Crippen LogP contribution in [0.3, 0.4) is 0 Å². The van der Waals surface area contributed by atoms with Gasteiger partial charge in [-0.2, -0.15) is 0 Å². The topological polar surface area (TPSA) is 115 Å². The molecular formula is C7H17N3O3S. The molecule has 0 heterocycles. The summed E-state index contributed by atoms with van der Waals surface area (Å²) in [5.41, 5.74) is 5.49. The van der Waals surface area contributed by atoms with Crippen LogP contribution in [0.4, 0.5) is 0 Å². The highest BCUT2D eigenvalue weighted by Crippen LogP contribution is 1.98. The second-order valence-corrected chi connectivity index (χ2v) is 5.04. The fourth-order valence-corrected chi connectivity index (χ4v) is 1.10. The molecule has 0 radical (unpaired) electrons. The van der Waals surface area contributed by atoms with E-state index in [0.717, 1.165) is 0 Å². The first kappa shape index (κ1) is 13.3. The van der Waals surface area contributed by atoms with Crippen LogP contribution in [0.5, 0.6) is 0 Å². The minimum Gasteiger partial charge on any atom is -0.355 e. The molecule has 0 aliphatic carbocycles. The van der Waals surface area contributed by atoms with E-state index in [1.165, 1.54) is 0 Å². The molecule has 0 saturated carbocycles. The molecule has 0 aliphatic rings. The summed E-state index contributed by atoms with van der Waals surface area (Å²) in [5, 5.41) is 7.20. The van der Waals surface area contributed by atoms with Crippen molar-refractivity contribution in [2.24, 2.45) is 16.8 Å². The third kappa shape index (κ3) is 5.90. The van der Waals surface area contributed by atoms with Crippen molar-refractivity contribution in [3.05, 3.63) is 0 Å². The molecule has 7 heteroatoms. The van der Waals surface area contributed by atoms with Crippen LogP contribution in [0, 0.1) is 5.92 Å². The van der Waals surface area contributed by atoms with Crippen LogP contribution in [0.25, 0.3) is 0 Å². The number of hydrogen-bond acceptors (Lipinski definition) is 4. The van der Waals surface area contributed by atoms with Crippen molar-refractivity contribution >= 4 is 15.9 Å². The van der Waals surface area contributed by atoms with Crippen molar-refractivity contribution < 1.29 is 13.2 Å². The normalized spacial score (nSPS) is 16.0. The van der Waals surface area contributed by atoms with Crippen molar-refractivity contribution in [2.45, 2.75) is 19.9 Å². The van der Waals surface area contributed by atoms with E-state index in [2.05, 4.69) is 5.32 Å². The maximum Gasteiger partial charge on any atom is 0.224 e. The van der Waals surface area contributed by atoms with Gasteiger partial charge in [-0.3, -0.25) is 4.79 Å². The zero-order valence-corrected chi connectivity index (χ0v) is 9.17. The molecule has 0 bridgehead atoms. The molecule has 0 spiro atoms. The lowest BCUT2D eigenvalue weighted by Crippen LogP contribution is -2.40. The number of rotatable bonds is 5.